The molecule has 29 heavy (non-hydrogen) atoms. The van der Waals surface area contributed by atoms with Crippen molar-refractivity contribution in [1.29, 1.82) is 0 Å². The Bertz CT molecular complexity index is 389. The van der Waals surface area contributed by atoms with Gasteiger partial charge in [0.2, 0.25) is 0 Å². The Morgan fingerprint density at radius 2 is 1.14 bits per heavy atom. The van der Waals surface area contributed by atoms with Gasteiger partial charge in [-0.25, -0.2) is 0 Å². The maximum atomic E-state index is 6.34. The molecule has 4 unspecified atom stereocenters. The van der Waals surface area contributed by atoms with E-state index in [0.29, 0.717) is 26.4 Å². The van der Waals surface area contributed by atoms with Crippen LogP contribution in [0.2, 0.25) is 0 Å². The standard InChI is InChI=1S/C24H46O5/c1-9-13-15-25-17-21(5)27-19-23(7,11-3)29-24(8,12-4)20-28-22(6)18-26-16-14-10-2/h11-12,21-22H,3-4,9-10,13-20H2,1-2,5-8H3. The van der Waals surface area contributed by atoms with Crippen LogP contribution < -0.4 is 0 Å². The molecule has 0 rings (SSSR count). The minimum Gasteiger partial charge on any atom is -0.379 e. The third-order valence-corrected chi connectivity index (χ3v) is 4.63. The first-order chi connectivity index (χ1) is 13.7. The average molecular weight is 415 g/mol. The van der Waals surface area contributed by atoms with Gasteiger partial charge in [0, 0.05) is 13.2 Å². The molecule has 0 aliphatic heterocycles. The van der Waals surface area contributed by atoms with Crippen LogP contribution in [0.25, 0.3) is 0 Å². The summed E-state index contributed by atoms with van der Waals surface area (Å²) in [5.74, 6) is 0. The lowest BCUT2D eigenvalue weighted by Gasteiger charge is -2.37. The summed E-state index contributed by atoms with van der Waals surface area (Å²) < 4.78 is 29.5. The molecule has 0 aliphatic rings. The Balaban J connectivity index is 4.49. The summed E-state index contributed by atoms with van der Waals surface area (Å²) in [7, 11) is 0. The van der Waals surface area contributed by atoms with Crippen LogP contribution >= 0.6 is 0 Å². The topological polar surface area (TPSA) is 46.2 Å². The van der Waals surface area contributed by atoms with Gasteiger partial charge in [-0.2, -0.15) is 0 Å². The molecule has 0 aliphatic carbocycles. The molecule has 5 nitrogen and oxygen atoms in total. The van der Waals surface area contributed by atoms with Gasteiger partial charge >= 0.3 is 0 Å². The lowest BCUT2D eigenvalue weighted by atomic mass is 10.0. The summed E-state index contributed by atoms with van der Waals surface area (Å²) in [4.78, 5) is 0. The zero-order valence-electron chi connectivity index (χ0n) is 19.8. The number of unbranched alkanes of at least 4 members (excludes halogenated alkanes) is 2. The second-order valence-corrected chi connectivity index (χ2v) is 8.24. The predicted octanol–water partition coefficient (Wildman–Crippen LogP) is 5.34. The van der Waals surface area contributed by atoms with Crippen molar-refractivity contribution >= 4 is 0 Å². The Kier molecular flexibility index (Phi) is 15.6. The van der Waals surface area contributed by atoms with E-state index in [4.69, 9.17) is 23.7 Å². The first-order valence-corrected chi connectivity index (χ1v) is 11.1. The minimum atomic E-state index is -0.662. The van der Waals surface area contributed by atoms with Gasteiger partial charge in [0.25, 0.3) is 0 Å². The van der Waals surface area contributed by atoms with Crippen LogP contribution in [0.4, 0.5) is 0 Å². The third-order valence-electron chi connectivity index (χ3n) is 4.63. The highest BCUT2D eigenvalue weighted by atomic mass is 16.6. The fourth-order valence-electron chi connectivity index (χ4n) is 2.50. The van der Waals surface area contributed by atoms with Gasteiger partial charge in [-0.15, -0.1) is 13.2 Å². The van der Waals surface area contributed by atoms with Crippen molar-refractivity contribution in [1.82, 2.24) is 0 Å². The van der Waals surface area contributed by atoms with E-state index in [-0.39, 0.29) is 12.2 Å². The molecule has 4 atom stereocenters. The Labute approximate surface area is 179 Å². The summed E-state index contributed by atoms with van der Waals surface area (Å²) in [5, 5.41) is 0. The summed E-state index contributed by atoms with van der Waals surface area (Å²) in [6.07, 6.45) is 7.92. The minimum absolute atomic E-state index is 0.0127. The molecule has 0 spiro atoms. The van der Waals surface area contributed by atoms with Gasteiger partial charge in [0.05, 0.1) is 38.6 Å². The van der Waals surface area contributed by atoms with Crippen LogP contribution in [-0.4, -0.2) is 63.1 Å². The summed E-state index contributed by atoms with van der Waals surface area (Å²) in [6.45, 7) is 23.6. The third kappa shape index (κ3) is 14.0. The van der Waals surface area contributed by atoms with Gasteiger partial charge in [0.15, 0.2) is 0 Å². The molecular weight excluding hydrogens is 368 g/mol. The largest absolute Gasteiger partial charge is 0.379 e. The van der Waals surface area contributed by atoms with E-state index >= 15 is 0 Å². The summed E-state index contributed by atoms with van der Waals surface area (Å²) >= 11 is 0. The molecule has 0 radical (unpaired) electrons. The molecule has 0 fully saturated rings. The van der Waals surface area contributed by atoms with Gasteiger partial charge in [0.1, 0.15) is 11.2 Å². The van der Waals surface area contributed by atoms with Gasteiger partial charge in [-0.1, -0.05) is 38.8 Å². The average Bonchev–Trinajstić information content (AvgIpc) is 2.71. The molecule has 0 saturated heterocycles. The lowest BCUT2D eigenvalue weighted by Crippen LogP contribution is -2.45. The quantitative estimate of drug-likeness (QED) is 0.199. The molecule has 0 heterocycles. The second kappa shape index (κ2) is 16.0. The Morgan fingerprint density at radius 3 is 1.45 bits per heavy atom. The van der Waals surface area contributed by atoms with Crippen LogP contribution in [0.5, 0.6) is 0 Å². The van der Waals surface area contributed by atoms with Crippen LogP contribution in [0.3, 0.4) is 0 Å². The normalized spacial score (nSPS) is 17.9. The number of ether oxygens (including phenoxy) is 5. The molecule has 172 valence electrons. The fraction of sp³-hybridized carbons (Fsp3) is 0.833. The maximum absolute atomic E-state index is 6.34. The van der Waals surface area contributed by atoms with E-state index in [1.165, 1.54) is 0 Å². The van der Waals surface area contributed by atoms with Crippen molar-refractivity contribution < 1.29 is 23.7 Å². The van der Waals surface area contributed by atoms with E-state index in [9.17, 15) is 0 Å². The molecule has 0 aromatic carbocycles. The first-order valence-electron chi connectivity index (χ1n) is 11.1. The van der Waals surface area contributed by atoms with E-state index in [0.717, 1.165) is 38.9 Å². The smallest absolute Gasteiger partial charge is 0.108 e. The van der Waals surface area contributed by atoms with Crippen molar-refractivity contribution in [3.05, 3.63) is 25.3 Å². The molecule has 0 amide bonds. The van der Waals surface area contributed by atoms with Gasteiger partial charge < -0.3 is 23.7 Å². The molecule has 0 aromatic rings. The van der Waals surface area contributed by atoms with Crippen molar-refractivity contribution in [3.8, 4) is 0 Å². The zero-order chi connectivity index (χ0) is 22.2. The molecule has 0 saturated carbocycles. The fourth-order valence-corrected chi connectivity index (χ4v) is 2.50. The number of hydrogen-bond donors (Lipinski definition) is 0. The lowest BCUT2D eigenvalue weighted by molar-refractivity contribution is -0.165. The van der Waals surface area contributed by atoms with E-state index in [1.807, 2.05) is 27.7 Å². The molecular formula is C24H46O5. The zero-order valence-corrected chi connectivity index (χ0v) is 19.8. The molecule has 0 bridgehead atoms. The van der Waals surface area contributed by atoms with E-state index in [1.54, 1.807) is 12.2 Å². The van der Waals surface area contributed by atoms with Crippen molar-refractivity contribution in [3.63, 3.8) is 0 Å². The number of hydrogen-bond acceptors (Lipinski definition) is 5. The predicted molar refractivity (Wildman–Crippen MR) is 121 cm³/mol. The molecule has 0 aromatic heterocycles. The highest BCUT2D eigenvalue weighted by molar-refractivity contribution is 5.02. The maximum Gasteiger partial charge on any atom is 0.108 e. The Morgan fingerprint density at radius 1 is 0.759 bits per heavy atom. The van der Waals surface area contributed by atoms with Crippen molar-refractivity contribution in [2.75, 3.05) is 39.6 Å². The Hall–Kier alpha value is -0.720. The SMILES string of the molecule is C=CC(C)(COC(C)COCCCC)OC(C)(C=C)COC(C)COCCCC. The summed E-state index contributed by atoms with van der Waals surface area (Å²) in [6, 6.07) is 0. The highest BCUT2D eigenvalue weighted by Gasteiger charge is 2.33. The van der Waals surface area contributed by atoms with Crippen molar-refractivity contribution in [2.24, 2.45) is 0 Å². The van der Waals surface area contributed by atoms with Crippen LogP contribution in [0, 0.1) is 0 Å². The second-order valence-electron chi connectivity index (χ2n) is 8.24. The molecule has 5 heteroatoms. The van der Waals surface area contributed by atoms with Crippen LogP contribution in [0.1, 0.15) is 67.2 Å². The van der Waals surface area contributed by atoms with Gasteiger partial charge in [-0.3, -0.25) is 0 Å². The van der Waals surface area contributed by atoms with E-state index < -0.39 is 11.2 Å². The van der Waals surface area contributed by atoms with Crippen LogP contribution in [0.15, 0.2) is 25.3 Å². The van der Waals surface area contributed by atoms with Gasteiger partial charge in [-0.05, 0) is 40.5 Å². The summed E-state index contributed by atoms with van der Waals surface area (Å²) in [5.41, 5.74) is -1.32. The molecule has 0 N–H and O–H groups in total. The van der Waals surface area contributed by atoms with Crippen molar-refractivity contribution in [2.45, 2.75) is 90.6 Å². The first kappa shape index (κ1) is 28.3. The van der Waals surface area contributed by atoms with Crippen LogP contribution in [-0.2, 0) is 23.7 Å². The monoisotopic (exact) mass is 414 g/mol. The van der Waals surface area contributed by atoms with E-state index in [2.05, 4.69) is 27.0 Å². The highest BCUT2D eigenvalue weighted by Crippen LogP contribution is 2.25. The number of rotatable bonds is 20.